The van der Waals surface area contributed by atoms with Gasteiger partial charge in [-0.05, 0) is 18.2 Å². The second-order valence-electron chi connectivity index (χ2n) is 3.99. The van der Waals surface area contributed by atoms with E-state index in [0.29, 0.717) is 23.7 Å². The highest BCUT2D eigenvalue weighted by molar-refractivity contribution is 5.96. The quantitative estimate of drug-likeness (QED) is 0.424. The van der Waals surface area contributed by atoms with Crippen LogP contribution in [-0.4, -0.2) is 32.3 Å². The number of carbonyl (C=O) groups excluding carboxylic acids is 2. The van der Waals surface area contributed by atoms with Crippen molar-refractivity contribution in [2.75, 3.05) is 31.3 Å². The van der Waals surface area contributed by atoms with Crippen LogP contribution in [0, 0.1) is 0 Å². The molecule has 0 fully saturated rings. The lowest BCUT2D eigenvalue weighted by Crippen LogP contribution is -2.13. The van der Waals surface area contributed by atoms with Crippen molar-refractivity contribution in [3.05, 3.63) is 29.8 Å². The zero-order chi connectivity index (χ0) is 15.8. The van der Waals surface area contributed by atoms with Crippen LogP contribution in [0.2, 0.25) is 0 Å². The third kappa shape index (κ3) is 4.94. The van der Waals surface area contributed by atoms with E-state index in [1.54, 1.807) is 12.2 Å². The molecule has 0 aliphatic rings. The second-order valence-corrected chi connectivity index (χ2v) is 3.99. The molecule has 8 heteroatoms. The molecule has 0 atom stereocenters. The van der Waals surface area contributed by atoms with Crippen molar-refractivity contribution in [1.82, 2.24) is 0 Å². The van der Waals surface area contributed by atoms with E-state index in [2.05, 4.69) is 10.1 Å². The third-order valence-electron chi connectivity index (χ3n) is 2.52. The summed E-state index contributed by atoms with van der Waals surface area (Å²) in [5.41, 5.74) is 17.0. The van der Waals surface area contributed by atoms with E-state index in [1.165, 1.54) is 19.2 Å². The normalized spacial score (nSPS) is 10.3. The number of carbonyl (C=O) groups is 2. The number of methoxy groups -OCH3 is 1. The Morgan fingerprint density at radius 3 is 2.57 bits per heavy atom. The van der Waals surface area contributed by atoms with Crippen molar-refractivity contribution in [1.29, 1.82) is 0 Å². The largest absolute Gasteiger partial charge is 0.494 e. The molecule has 0 saturated carbocycles. The fourth-order valence-electron chi connectivity index (χ4n) is 1.57. The molecule has 1 aromatic rings. The molecule has 1 rings (SSSR count). The van der Waals surface area contributed by atoms with Crippen molar-refractivity contribution < 1.29 is 19.1 Å². The molecule has 21 heavy (non-hydrogen) atoms. The molecule has 0 saturated heterocycles. The number of nitrogen functional groups attached to an aromatic ring is 1. The van der Waals surface area contributed by atoms with Crippen molar-refractivity contribution in [3.8, 4) is 5.75 Å². The van der Waals surface area contributed by atoms with Crippen LogP contribution < -0.4 is 27.3 Å². The summed E-state index contributed by atoms with van der Waals surface area (Å²) < 4.78 is 9.69. The number of rotatable bonds is 7. The number of nitrogens with one attached hydrogen (secondary N) is 1. The number of anilines is 2. The van der Waals surface area contributed by atoms with Gasteiger partial charge < -0.3 is 32.0 Å². The lowest BCUT2D eigenvalue weighted by Gasteiger charge is -2.13. The SMILES string of the molecule is COc1cc(C(N)=O)cc(N)c1NCC=CCOC(N)=O. The molecule has 0 aliphatic heterocycles. The number of amides is 2. The van der Waals surface area contributed by atoms with E-state index < -0.39 is 12.0 Å². The molecule has 8 nitrogen and oxygen atoms in total. The van der Waals surface area contributed by atoms with Crippen molar-refractivity contribution >= 4 is 23.4 Å². The zero-order valence-corrected chi connectivity index (χ0v) is 11.6. The summed E-state index contributed by atoms with van der Waals surface area (Å²) in [7, 11) is 1.46. The third-order valence-corrected chi connectivity index (χ3v) is 2.52. The lowest BCUT2D eigenvalue weighted by molar-refractivity contribution is 0.1000. The minimum Gasteiger partial charge on any atom is -0.494 e. The maximum atomic E-state index is 11.1. The maximum Gasteiger partial charge on any atom is 0.404 e. The van der Waals surface area contributed by atoms with Crippen molar-refractivity contribution in [2.24, 2.45) is 11.5 Å². The summed E-state index contributed by atoms with van der Waals surface area (Å²) in [5, 5.41) is 3.03. The van der Waals surface area contributed by atoms with Gasteiger partial charge >= 0.3 is 6.09 Å². The van der Waals surface area contributed by atoms with Gasteiger partial charge in [-0.1, -0.05) is 6.08 Å². The minimum absolute atomic E-state index is 0.0875. The Bertz CT molecular complexity index is 557. The van der Waals surface area contributed by atoms with E-state index in [9.17, 15) is 9.59 Å². The monoisotopic (exact) mass is 294 g/mol. The van der Waals surface area contributed by atoms with Gasteiger partial charge in [0.1, 0.15) is 18.0 Å². The first-order valence-corrected chi connectivity index (χ1v) is 6.04. The Morgan fingerprint density at radius 1 is 1.29 bits per heavy atom. The van der Waals surface area contributed by atoms with Gasteiger partial charge in [0.15, 0.2) is 0 Å². The standard InChI is InChI=1S/C13H18N4O4/c1-20-10-7-8(12(15)18)6-9(14)11(10)17-4-2-3-5-21-13(16)19/h2-3,6-7,17H,4-5,14H2,1H3,(H2,15,18)(H2,16,19). The van der Waals surface area contributed by atoms with Crippen LogP contribution >= 0.6 is 0 Å². The summed E-state index contributed by atoms with van der Waals surface area (Å²) in [6.45, 7) is 0.503. The van der Waals surface area contributed by atoms with Gasteiger partial charge in [0.25, 0.3) is 0 Å². The molecule has 2 amide bonds. The number of ether oxygens (including phenoxy) is 2. The molecular weight excluding hydrogens is 276 g/mol. The smallest absolute Gasteiger partial charge is 0.404 e. The molecule has 0 heterocycles. The van der Waals surface area contributed by atoms with Gasteiger partial charge in [0.2, 0.25) is 5.91 Å². The molecular formula is C13H18N4O4. The first-order chi connectivity index (χ1) is 9.95. The minimum atomic E-state index is -0.833. The fraction of sp³-hybridized carbons (Fsp3) is 0.231. The van der Waals surface area contributed by atoms with Gasteiger partial charge in [-0.2, -0.15) is 0 Å². The van der Waals surface area contributed by atoms with Crippen LogP contribution in [0.25, 0.3) is 0 Å². The van der Waals surface area contributed by atoms with Crippen LogP contribution in [0.1, 0.15) is 10.4 Å². The topological polar surface area (TPSA) is 143 Å². The molecule has 0 aromatic heterocycles. The van der Waals surface area contributed by atoms with Crippen LogP contribution in [0.5, 0.6) is 5.75 Å². The van der Waals surface area contributed by atoms with E-state index in [0.717, 1.165) is 0 Å². The van der Waals surface area contributed by atoms with Crippen molar-refractivity contribution in [2.45, 2.75) is 0 Å². The summed E-state index contributed by atoms with van der Waals surface area (Å²) in [6.07, 6.45) is 2.52. The molecule has 0 radical (unpaired) electrons. The van der Waals surface area contributed by atoms with Gasteiger partial charge in [-0.15, -0.1) is 0 Å². The van der Waals surface area contributed by atoms with Gasteiger partial charge in [-0.3, -0.25) is 4.79 Å². The van der Waals surface area contributed by atoms with E-state index in [-0.39, 0.29) is 12.2 Å². The molecule has 0 spiro atoms. The molecule has 1 aromatic carbocycles. The number of hydrogen-bond acceptors (Lipinski definition) is 6. The summed E-state index contributed by atoms with van der Waals surface area (Å²) in [4.78, 5) is 21.5. The highest BCUT2D eigenvalue weighted by Gasteiger charge is 2.11. The number of nitrogens with two attached hydrogens (primary N) is 3. The second kappa shape index (κ2) is 7.63. The fourth-order valence-corrected chi connectivity index (χ4v) is 1.57. The Morgan fingerprint density at radius 2 is 2.00 bits per heavy atom. The van der Waals surface area contributed by atoms with Crippen LogP contribution in [-0.2, 0) is 4.74 Å². The van der Waals surface area contributed by atoms with E-state index in [1.807, 2.05) is 0 Å². The first-order valence-electron chi connectivity index (χ1n) is 6.04. The van der Waals surface area contributed by atoms with Gasteiger partial charge in [0.05, 0.1) is 12.8 Å². The number of hydrogen-bond donors (Lipinski definition) is 4. The van der Waals surface area contributed by atoms with Gasteiger partial charge in [-0.25, -0.2) is 4.79 Å². The Labute approximate surface area is 121 Å². The number of primary amides is 2. The summed E-state index contributed by atoms with van der Waals surface area (Å²) in [6, 6.07) is 2.97. The van der Waals surface area contributed by atoms with Gasteiger partial charge in [0, 0.05) is 12.1 Å². The summed E-state index contributed by atoms with van der Waals surface area (Å²) >= 11 is 0. The average molecular weight is 294 g/mol. The molecule has 0 aliphatic carbocycles. The van der Waals surface area contributed by atoms with Crippen LogP contribution in [0.4, 0.5) is 16.2 Å². The molecule has 7 N–H and O–H groups in total. The Balaban J connectivity index is 2.70. The molecule has 0 unspecified atom stereocenters. The van der Waals surface area contributed by atoms with E-state index >= 15 is 0 Å². The highest BCUT2D eigenvalue weighted by atomic mass is 16.5. The summed E-state index contributed by atoms with van der Waals surface area (Å²) in [5.74, 6) is -0.180. The van der Waals surface area contributed by atoms with E-state index in [4.69, 9.17) is 21.9 Å². The highest BCUT2D eigenvalue weighted by Crippen LogP contribution is 2.32. The predicted molar refractivity (Wildman–Crippen MR) is 79.1 cm³/mol. The lowest BCUT2D eigenvalue weighted by atomic mass is 10.1. The molecule has 0 bridgehead atoms. The average Bonchev–Trinajstić information content (AvgIpc) is 2.42. The number of benzene rings is 1. The first kappa shape index (κ1) is 16.2. The Kier molecular flexibility index (Phi) is 5.87. The molecule has 114 valence electrons. The van der Waals surface area contributed by atoms with Crippen molar-refractivity contribution in [3.63, 3.8) is 0 Å². The maximum absolute atomic E-state index is 11.1. The zero-order valence-electron chi connectivity index (χ0n) is 11.6. The van der Waals surface area contributed by atoms with Crippen LogP contribution in [0.15, 0.2) is 24.3 Å². The Hall–Kier alpha value is -2.90. The van der Waals surface area contributed by atoms with Crippen LogP contribution in [0.3, 0.4) is 0 Å². The predicted octanol–water partition coefficient (Wildman–Crippen LogP) is 0.440.